The maximum Gasteiger partial charge on any atom is 0.417 e. The quantitative estimate of drug-likeness (QED) is 0.0371. The largest absolute Gasteiger partial charge is 0.417 e. The Morgan fingerprint density at radius 2 is 1.16 bits per heavy atom. The summed E-state index contributed by atoms with van der Waals surface area (Å²) < 4.78 is 158. The molecule has 6 aromatic carbocycles. The Hall–Kier alpha value is -12.7. The lowest BCUT2D eigenvalue weighted by Crippen LogP contribution is -2.50. The highest BCUT2D eigenvalue weighted by molar-refractivity contribution is 7.88. The summed E-state index contributed by atoms with van der Waals surface area (Å²) in [6.07, 6.45) is 6.12. The molecule has 5 aliphatic rings. The average molecular weight is 2130 g/mol. The fraction of sp³-hybridized carbons (Fsp3) is 0.290. The molecule has 0 aliphatic carbocycles. The van der Waals surface area contributed by atoms with Crippen molar-refractivity contribution >= 4 is 174 Å². The van der Waals surface area contributed by atoms with Gasteiger partial charge in [0.2, 0.25) is 37.9 Å². The number of piperazine rings is 3. The third-order valence-electron chi connectivity index (χ3n) is 26.4. The van der Waals surface area contributed by atoms with E-state index >= 15 is 4.39 Å². The van der Waals surface area contributed by atoms with E-state index in [2.05, 4.69) is 88.3 Å². The fourth-order valence-corrected chi connectivity index (χ4v) is 23.2. The first kappa shape index (κ1) is 101. The van der Waals surface area contributed by atoms with Gasteiger partial charge in [-0.15, -0.1) is 11.3 Å². The topological polar surface area (TPSA) is 322 Å². The van der Waals surface area contributed by atoms with Gasteiger partial charge >= 0.3 is 12.4 Å². The van der Waals surface area contributed by atoms with Crippen molar-refractivity contribution in [1.82, 2.24) is 82.3 Å². The Bertz CT molecular complexity index is 7930. The number of nitrogens with one attached hydrogen (secondary N) is 5. The third-order valence-corrected chi connectivity index (χ3v) is 32.1. The summed E-state index contributed by atoms with van der Waals surface area (Å²) >= 11 is 24.4. The molecule has 5 aliphatic heterocycles. The van der Waals surface area contributed by atoms with E-state index in [4.69, 9.17) is 39.8 Å². The van der Waals surface area contributed by atoms with Crippen molar-refractivity contribution in [1.29, 1.82) is 0 Å². The van der Waals surface area contributed by atoms with Crippen LogP contribution >= 0.6 is 68.8 Å². The normalized spacial score (nSPS) is 16.3. The Kier molecular flexibility index (Phi) is 29.5. The summed E-state index contributed by atoms with van der Waals surface area (Å²) in [5.41, 5.74) is 4.14. The van der Waals surface area contributed by atoms with Crippen molar-refractivity contribution in [3.05, 3.63) is 278 Å². The number of hydrogen-bond donors (Lipinski definition) is 5. The van der Waals surface area contributed by atoms with Crippen LogP contribution in [0.5, 0.6) is 0 Å². The lowest BCUT2D eigenvalue weighted by Gasteiger charge is -2.38. The molecule has 0 bridgehead atoms. The molecule has 45 heteroatoms. The zero-order valence-electron chi connectivity index (χ0n) is 78.3. The highest BCUT2D eigenvalue weighted by Crippen LogP contribution is 2.44. The van der Waals surface area contributed by atoms with Crippen molar-refractivity contribution in [2.45, 2.75) is 76.2 Å². The summed E-state index contributed by atoms with van der Waals surface area (Å²) in [5.74, 6) is 0.597. The highest BCUT2D eigenvalue weighted by Gasteiger charge is 2.39. The Balaban J connectivity index is 0.000000137. The van der Waals surface area contributed by atoms with Gasteiger partial charge in [-0.3, -0.25) is 37.6 Å². The number of halogens is 10. The summed E-state index contributed by atoms with van der Waals surface area (Å²) in [6.45, 7) is 11.8. The van der Waals surface area contributed by atoms with Gasteiger partial charge in [-0.2, -0.15) is 64.0 Å². The van der Waals surface area contributed by atoms with Crippen LogP contribution in [-0.2, 0) is 45.5 Å². The van der Waals surface area contributed by atoms with Crippen molar-refractivity contribution in [2.75, 3.05) is 142 Å². The van der Waals surface area contributed by atoms with Crippen LogP contribution in [0.4, 0.5) is 82.7 Å². The molecule has 2 unspecified atom stereocenters. The van der Waals surface area contributed by atoms with E-state index in [1.165, 1.54) is 125 Å². The smallest absolute Gasteiger partial charge is 0.369 e. The van der Waals surface area contributed by atoms with Crippen molar-refractivity contribution in [3.63, 3.8) is 0 Å². The molecule has 5 fully saturated rings. The number of aromatic nitrogens is 12. The summed E-state index contributed by atoms with van der Waals surface area (Å²) in [6, 6.07) is 39.6. The van der Waals surface area contributed by atoms with Gasteiger partial charge < -0.3 is 41.3 Å². The molecule has 10 aromatic heterocycles. The zero-order chi connectivity index (χ0) is 101. The number of pyridine rings is 3. The van der Waals surface area contributed by atoms with E-state index in [1.807, 2.05) is 75.1 Å². The van der Waals surface area contributed by atoms with E-state index in [-0.39, 0.29) is 97.2 Å². The van der Waals surface area contributed by atoms with Gasteiger partial charge in [-0.05, 0) is 193 Å². The van der Waals surface area contributed by atoms with Crippen molar-refractivity contribution in [2.24, 2.45) is 0 Å². The number of piperidine rings is 1. The zero-order valence-corrected chi connectivity index (χ0v) is 84.7. The molecule has 5 N–H and O–H groups in total. The molecule has 0 saturated carbocycles. The molecule has 21 rings (SSSR count). The SMILES string of the molecule is CC1CNCCN1c1ccc(Nc2ncc3cc(-c4ccc(-c5ccsc5)cc4C(F)(F)F)c(=O)n(CCN(C)S(C)(=O)=O)c3n2)cc1F.CS(=O)(=O)N1CCC(n2c(=O)c(-c3nccn3-c3ccsc3)cc3cnc(Nc4ccc(N5CCN6CCCC6C5)cc4)nc32)CC1.O=c1c(-c2c(Cl)cc(-c3nccs3)cc2Cl)cc2cnc(Nc3ccc(N4CCNCC4)c(Cl)c3)nc2n1Cc1ccccc1C(F)(F)F. The molecule has 752 valence electrons. The second-order valence-corrected chi connectivity index (χ2v) is 43.5. The summed E-state index contributed by atoms with van der Waals surface area (Å²) in [4.78, 5) is 88.3. The van der Waals surface area contributed by atoms with Crippen LogP contribution in [0.3, 0.4) is 0 Å². The first-order valence-electron chi connectivity index (χ1n) is 46.5. The van der Waals surface area contributed by atoms with Crippen molar-refractivity contribution < 1.29 is 47.6 Å². The predicted octanol–water partition coefficient (Wildman–Crippen LogP) is 18.9. The van der Waals surface area contributed by atoms with Crippen LogP contribution in [0.15, 0.2) is 224 Å². The second-order valence-electron chi connectivity index (χ2n) is 35.8. The maximum atomic E-state index is 15.3. The molecule has 0 spiro atoms. The van der Waals surface area contributed by atoms with Gasteiger partial charge in [0.1, 0.15) is 33.6 Å². The average Bonchev–Trinajstić information content (AvgIpc) is 0.953. The predicted molar refractivity (Wildman–Crippen MR) is 561 cm³/mol. The molecule has 145 heavy (non-hydrogen) atoms. The van der Waals surface area contributed by atoms with Gasteiger partial charge in [0.15, 0.2) is 0 Å². The Morgan fingerprint density at radius 1 is 0.531 bits per heavy atom. The lowest BCUT2D eigenvalue weighted by atomic mass is 9.95. The molecule has 5 saturated heterocycles. The number of nitrogens with zero attached hydrogens (tertiary/aromatic N) is 18. The molecule has 0 amide bonds. The number of rotatable bonds is 23. The van der Waals surface area contributed by atoms with E-state index < -0.39 is 67.0 Å². The minimum atomic E-state index is -4.79. The van der Waals surface area contributed by atoms with Gasteiger partial charge in [0, 0.05) is 220 Å². The molecular formula is C100H95Cl3F7N23O7S5. The lowest BCUT2D eigenvalue weighted by molar-refractivity contribution is -0.138. The standard InChI is InChI=1S/C34H25Cl3F3N7OS.C33H33F4N7O3S2.C33H37N9O3S2/c35-25-16-22(5-6-28(25)46-10-7-41-8-11-46)44-33-43-17-21-13-23(29-26(36)14-20(15-27(29)37)31-42-9-12-49-31)32(48)47(30(21)45-33)18-19-3-1-2-4-24(19)34(38,39)40;1-20-17-38-9-10-43(20)29-7-5-24(16-28(29)34)40-32-39-18-23-14-26(31(45)44(30(23)41-32)12-11-42(2)49(3,46)47)25-6-4-21(22-8-13-48-19-22)15-27(25)33(35,36)37;1-47(44,45)40-13-8-26(9-14-40)42-30-23(19-29(32(42)43)31-34-11-15-41(31)28-10-18-46-22-28)20-35-33(37-30)36-24-4-6-25(7-5-24)39-17-16-38-12-2-3-27(38)21-39/h1-6,9,12-17,41H,7-8,10-11,18H2,(H,43,44,45);4-8,13-16,18-20,38H,9-12,17H2,1-3H3,(H,39,40,41);4-7,10-11,15,18-20,22,26-27H,2-3,8-9,12-14,16-17,21H2,1H3,(H,35,36,37). The number of likely N-dealkylation sites (N-methyl/N-ethyl adjacent to an activating group) is 1. The number of thiophene rings is 2. The molecule has 15 heterocycles. The number of hydrogen-bond acceptors (Lipinski definition) is 27. The van der Waals surface area contributed by atoms with E-state index in [1.54, 1.807) is 87.7 Å². The number of alkyl halides is 6. The fourth-order valence-electron chi connectivity index (χ4n) is 19.0. The molecule has 30 nitrogen and oxygen atoms in total. The summed E-state index contributed by atoms with van der Waals surface area (Å²) in [7, 11) is -5.63. The van der Waals surface area contributed by atoms with Crippen molar-refractivity contribution in [3.8, 4) is 61.0 Å². The van der Waals surface area contributed by atoms with Crippen LogP contribution in [-0.4, -0.2) is 212 Å². The van der Waals surface area contributed by atoms with Gasteiger partial charge in [0.05, 0.1) is 73.4 Å². The number of benzene rings is 6. The van der Waals surface area contributed by atoms with Crippen LogP contribution < -0.4 is 58.0 Å². The Labute approximate surface area is 854 Å². The molecule has 0 radical (unpaired) electrons. The number of thiazole rings is 1. The van der Waals surface area contributed by atoms with Crippen LogP contribution in [0.1, 0.15) is 55.3 Å². The number of sulfonamides is 2. The first-order valence-corrected chi connectivity index (χ1v) is 54.1. The number of imidazole rings is 1. The number of fused-ring (bicyclic) bond motifs is 4. The summed E-state index contributed by atoms with van der Waals surface area (Å²) in [5, 5.41) is 28.2. The minimum absolute atomic E-state index is 0.00338. The molecular weight excluding hydrogens is 2030 g/mol. The van der Waals surface area contributed by atoms with Gasteiger partial charge in [-0.1, -0.05) is 65.1 Å². The third kappa shape index (κ3) is 22.2. The highest BCUT2D eigenvalue weighted by atomic mass is 35.5. The molecule has 16 aromatic rings. The van der Waals surface area contributed by atoms with E-state index in [0.29, 0.717) is 116 Å². The first-order chi connectivity index (χ1) is 69.6. The van der Waals surface area contributed by atoms with Crippen LogP contribution in [0, 0.1) is 5.82 Å². The molecule has 2 atom stereocenters. The Morgan fingerprint density at radius 3 is 1.80 bits per heavy atom. The minimum Gasteiger partial charge on any atom is -0.369 e. The second kappa shape index (κ2) is 42.4. The monoisotopic (exact) mass is 2130 g/mol. The van der Waals surface area contributed by atoms with Crippen LogP contribution in [0.2, 0.25) is 15.1 Å². The van der Waals surface area contributed by atoms with E-state index in [0.717, 1.165) is 103 Å². The number of anilines is 9. The van der Waals surface area contributed by atoms with Crippen LogP contribution in [0.25, 0.3) is 94.1 Å². The van der Waals surface area contributed by atoms with Gasteiger partial charge in [-0.25, -0.2) is 54.8 Å². The maximum absolute atomic E-state index is 15.3. The van der Waals surface area contributed by atoms with Gasteiger partial charge in [0.25, 0.3) is 16.7 Å². The van der Waals surface area contributed by atoms with E-state index in [9.17, 15) is 57.6 Å².